The number of amides is 1. The Morgan fingerprint density at radius 2 is 1.88 bits per heavy atom. The Labute approximate surface area is 144 Å². The number of fused-ring (bicyclic) bond motifs is 1. The lowest BCUT2D eigenvalue weighted by Gasteiger charge is -2.05. The highest BCUT2D eigenvalue weighted by Gasteiger charge is 2.14. The number of benzene rings is 2. The molecule has 0 aliphatic rings. The second kappa shape index (κ2) is 6.49. The van der Waals surface area contributed by atoms with Crippen LogP contribution in [0.1, 0.15) is 21.5 Å². The van der Waals surface area contributed by atoms with E-state index in [1.807, 2.05) is 38.1 Å². The molecule has 5 nitrogen and oxygen atoms in total. The van der Waals surface area contributed by atoms with Crippen molar-refractivity contribution in [2.45, 2.75) is 13.8 Å². The number of carbonyl (C=O) groups excluding carboxylic acids is 1. The lowest BCUT2D eigenvalue weighted by Crippen LogP contribution is -2.11. The molecule has 1 heterocycles. The number of thiazole rings is 1. The molecule has 0 saturated carbocycles. The first-order chi connectivity index (χ1) is 11.5. The normalized spacial score (nSPS) is 10.7. The third kappa shape index (κ3) is 3.05. The summed E-state index contributed by atoms with van der Waals surface area (Å²) in [5.74, 6) is 1.13. The molecule has 1 amide bonds. The van der Waals surface area contributed by atoms with Gasteiger partial charge in [-0.25, -0.2) is 4.98 Å². The van der Waals surface area contributed by atoms with Crippen LogP contribution in [0.2, 0.25) is 0 Å². The molecule has 0 unspecified atom stereocenters. The molecule has 0 aliphatic heterocycles. The van der Waals surface area contributed by atoms with E-state index in [1.165, 1.54) is 11.3 Å². The first-order valence-electron chi connectivity index (χ1n) is 7.43. The van der Waals surface area contributed by atoms with Gasteiger partial charge >= 0.3 is 0 Å². The third-order valence-electron chi connectivity index (χ3n) is 3.88. The lowest BCUT2D eigenvalue weighted by atomic mass is 10.1. The number of ether oxygens (including phenoxy) is 2. The number of aryl methyl sites for hydroxylation is 2. The number of anilines is 1. The Balaban J connectivity index is 1.92. The minimum atomic E-state index is -0.178. The monoisotopic (exact) mass is 342 g/mol. The summed E-state index contributed by atoms with van der Waals surface area (Å²) in [4.78, 5) is 16.9. The summed E-state index contributed by atoms with van der Waals surface area (Å²) in [5, 5.41) is 3.38. The molecule has 3 aromatic rings. The quantitative estimate of drug-likeness (QED) is 0.772. The molecule has 2 aromatic carbocycles. The van der Waals surface area contributed by atoms with Crippen LogP contribution in [0, 0.1) is 13.8 Å². The zero-order valence-corrected chi connectivity index (χ0v) is 14.8. The first-order valence-corrected chi connectivity index (χ1v) is 8.24. The molecule has 1 aromatic heterocycles. The minimum Gasteiger partial charge on any atom is -0.497 e. The van der Waals surface area contributed by atoms with Crippen LogP contribution in [0.4, 0.5) is 5.13 Å². The molecule has 0 aliphatic carbocycles. The summed E-state index contributed by atoms with van der Waals surface area (Å²) in [5.41, 5.74) is 3.56. The average molecular weight is 342 g/mol. The summed E-state index contributed by atoms with van der Waals surface area (Å²) in [6.45, 7) is 4.01. The number of nitrogens with zero attached hydrogens (tertiary/aromatic N) is 1. The third-order valence-corrected chi connectivity index (χ3v) is 4.80. The summed E-state index contributed by atoms with van der Waals surface area (Å²) in [7, 11) is 3.19. The van der Waals surface area contributed by atoms with Crippen LogP contribution < -0.4 is 14.8 Å². The van der Waals surface area contributed by atoms with E-state index in [1.54, 1.807) is 20.3 Å². The number of methoxy groups -OCH3 is 2. The zero-order valence-electron chi connectivity index (χ0n) is 14.0. The van der Waals surface area contributed by atoms with Crippen LogP contribution >= 0.6 is 11.3 Å². The maximum atomic E-state index is 12.4. The van der Waals surface area contributed by atoms with Gasteiger partial charge in [0.15, 0.2) is 5.13 Å². The fraction of sp³-hybridized carbons (Fsp3) is 0.222. The van der Waals surface area contributed by atoms with Crippen molar-refractivity contribution in [2.75, 3.05) is 19.5 Å². The fourth-order valence-electron chi connectivity index (χ4n) is 2.35. The van der Waals surface area contributed by atoms with E-state index < -0.39 is 0 Å². The number of aromatic nitrogens is 1. The average Bonchev–Trinajstić information content (AvgIpc) is 2.98. The largest absolute Gasteiger partial charge is 0.497 e. The van der Waals surface area contributed by atoms with Gasteiger partial charge in [-0.2, -0.15) is 0 Å². The van der Waals surface area contributed by atoms with Gasteiger partial charge in [-0.05, 0) is 43.2 Å². The molecule has 0 fully saturated rings. The number of hydrogen-bond acceptors (Lipinski definition) is 5. The van der Waals surface area contributed by atoms with Crippen molar-refractivity contribution in [3.05, 3.63) is 47.0 Å². The van der Waals surface area contributed by atoms with Gasteiger partial charge < -0.3 is 9.47 Å². The fourth-order valence-corrected chi connectivity index (χ4v) is 3.26. The molecule has 3 rings (SSSR count). The highest BCUT2D eigenvalue weighted by molar-refractivity contribution is 7.22. The molecular weight excluding hydrogens is 324 g/mol. The van der Waals surface area contributed by atoms with E-state index in [0.29, 0.717) is 27.7 Å². The van der Waals surface area contributed by atoms with Gasteiger partial charge in [-0.15, -0.1) is 0 Å². The molecule has 0 saturated heterocycles. The summed E-state index contributed by atoms with van der Waals surface area (Å²) in [6, 6.07) is 9.28. The van der Waals surface area contributed by atoms with E-state index in [2.05, 4.69) is 10.3 Å². The van der Waals surface area contributed by atoms with Crippen molar-refractivity contribution in [2.24, 2.45) is 0 Å². The van der Waals surface area contributed by atoms with Crippen molar-refractivity contribution in [3.8, 4) is 11.5 Å². The van der Waals surface area contributed by atoms with Gasteiger partial charge in [0, 0.05) is 11.6 Å². The van der Waals surface area contributed by atoms with Gasteiger partial charge in [-0.1, -0.05) is 17.4 Å². The van der Waals surface area contributed by atoms with Gasteiger partial charge in [-0.3, -0.25) is 10.1 Å². The van der Waals surface area contributed by atoms with E-state index >= 15 is 0 Å². The standard InChI is InChI=1S/C18H18N2O3S/c1-10-5-6-12(7-11(10)2)17(21)20-18-19-16-14(23-4)8-13(22-3)9-15(16)24-18/h5-9H,1-4H3,(H,19,20,21). The van der Waals surface area contributed by atoms with Crippen molar-refractivity contribution in [1.29, 1.82) is 0 Å². The topological polar surface area (TPSA) is 60.5 Å². The van der Waals surface area contributed by atoms with Gasteiger partial charge in [0.05, 0.1) is 18.9 Å². The predicted molar refractivity (Wildman–Crippen MR) is 96.6 cm³/mol. The van der Waals surface area contributed by atoms with Gasteiger partial charge in [0.2, 0.25) is 0 Å². The summed E-state index contributed by atoms with van der Waals surface area (Å²) < 4.78 is 11.5. The molecule has 124 valence electrons. The van der Waals surface area contributed by atoms with Crippen LogP contribution in [0.3, 0.4) is 0 Å². The Hall–Kier alpha value is -2.60. The zero-order chi connectivity index (χ0) is 17.3. The van der Waals surface area contributed by atoms with Crippen LogP contribution in [0.5, 0.6) is 11.5 Å². The van der Waals surface area contributed by atoms with Crippen LogP contribution in [0.25, 0.3) is 10.2 Å². The van der Waals surface area contributed by atoms with Crippen LogP contribution in [-0.2, 0) is 0 Å². The maximum Gasteiger partial charge on any atom is 0.257 e. The Bertz CT molecular complexity index is 918. The van der Waals surface area contributed by atoms with Crippen molar-refractivity contribution in [3.63, 3.8) is 0 Å². The molecule has 0 bridgehead atoms. The van der Waals surface area contributed by atoms with Crippen molar-refractivity contribution in [1.82, 2.24) is 4.98 Å². The minimum absolute atomic E-state index is 0.178. The Morgan fingerprint density at radius 3 is 2.54 bits per heavy atom. The Kier molecular flexibility index (Phi) is 4.40. The molecule has 6 heteroatoms. The lowest BCUT2D eigenvalue weighted by molar-refractivity contribution is 0.102. The number of hydrogen-bond donors (Lipinski definition) is 1. The molecule has 0 atom stereocenters. The molecule has 0 radical (unpaired) electrons. The SMILES string of the molecule is COc1cc(OC)c2nc(NC(=O)c3ccc(C)c(C)c3)sc2c1. The summed E-state index contributed by atoms with van der Waals surface area (Å²) >= 11 is 1.38. The molecule has 24 heavy (non-hydrogen) atoms. The van der Waals surface area contributed by atoms with E-state index in [-0.39, 0.29) is 5.91 Å². The van der Waals surface area contributed by atoms with Crippen molar-refractivity contribution >= 4 is 32.6 Å². The van der Waals surface area contributed by atoms with Crippen molar-refractivity contribution < 1.29 is 14.3 Å². The summed E-state index contributed by atoms with van der Waals surface area (Å²) in [6.07, 6.45) is 0. The molecule has 1 N–H and O–H groups in total. The smallest absolute Gasteiger partial charge is 0.257 e. The second-order valence-corrected chi connectivity index (χ2v) is 6.48. The van der Waals surface area contributed by atoms with Gasteiger partial charge in [0.1, 0.15) is 17.0 Å². The van der Waals surface area contributed by atoms with Gasteiger partial charge in [0.25, 0.3) is 5.91 Å². The number of nitrogens with one attached hydrogen (secondary N) is 1. The first kappa shape index (κ1) is 16.3. The molecule has 0 spiro atoms. The predicted octanol–water partition coefficient (Wildman–Crippen LogP) is 4.18. The maximum absolute atomic E-state index is 12.4. The van der Waals surface area contributed by atoms with Crippen LogP contribution in [0.15, 0.2) is 30.3 Å². The van der Waals surface area contributed by atoms with Crippen LogP contribution in [-0.4, -0.2) is 25.1 Å². The number of rotatable bonds is 4. The highest BCUT2D eigenvalue weighted by atomic mass is 32.1. The molecular formula is C18H18N2O3S. The van der Waals surface area contributed by atoms with E-state index in [9.17, 15) is 4.79 Å². The second-order valence-electron chi connectivity index (χ2n) is 5.45. The van der Waals surface area contributed by atoms with E-state index in [0.717, 1.165) is 15.8 Å². The Morgan fingerprint density at radius 1 is 1.08 bits per heavy atom. The van der Waals surface area contributed by atoms with E-state index in [4.69, 9.17) is 9.47 Å². The highest BCUT2D eigenvalue weighted by Crippen LogP contribution is 2.36. The number of carbonyl (C=O) groups is 1.